The van der Waals surface area contributed by atoms with Gasteiger partial charge in [0.1, 0.15) is 5.82 Å². The molecule has 2 heterocycles. The third-order valence-corrected chi connectivity index (χ3v) is 7.27. The molecule has 6 nitrogen and oxygen atoms in total. The van der Waals surface area contributed by atoms with E-state index in [4.69, 9.17) is 40.5 Å². The van der Waals surface area contributed by atoms with Crippen molar-refractivity contribution in [3.63, 3.8) is 0 Å². The lowest BCUT2D eigenvalue weighted by molar-refractivity contribution is -0.140. The summed E-state index contributed by atoms with van der Waals surface area (Å²) >= 11 is 18.5. The molecule has 1 aromatic heterocycles. The van der Waals surface area contributed by atoms with Crippen LogP contribution in [-0.2, 0) is 12.7 Å². The van der Waals surface area contributed by atoms with E-state index in [1.54, 1.807) is 30.1 Å². The first kappa shape index (κ1) is 27.4. The molecule has 0 unspecified atom stereocenters. The maximum absolute atomic E-state index is 14.2. The van der Waals surface area contributed by atoms with Crippen LogP contribution in [0.25, 0.3) is 0 Å². The summed E-state index contributed by atoms with van der Waals surface area (Å²) in [5.74, 6) is -2.17. The Morgan fingerprint density at radius 2 is 1.84 bits per heavy atom. The number of carbonyl (C=O) groups excluding carboxylic acids is 1. The Hall–Kier alpha value is -2.66. The first-order chi connectivity index (χ1) is 17.3. The van der Waals surface area contributed by atoms with Crippen LogP contribution in [0.5, 0.6) is 0 Å². The summed E-state index contributed by atoms with van der Waals surface area (Å²) < 4.78 is 53.1. The van der Waals surface area contributed by atoms with Crippen molar-refractivity contribution in [2.75, 3.05) is 25.9 Å². The number of nitrogens with zero attached hydrogens (tertiary/aromatic N) is 4. The molecule has 0 aliphatic carbocycles. The number of likely N-dealkylation sites (N-methyl/N-ethyl adjacent to an activating group) is 1. The number of carbonyl (C=O) groups is 1. The number of rotatable bonds is 5. The molecular weight excluding hydrogens is 557 g/mol. The van der Waals surface area contributed by atoms with E-state index in [-0.39, 0.29) is 48.3 Å². The quantitative estimate of drug-likeness (QED) is 0.382. The van der Waals surface area contributed by atoms with Gasteiger partial charge in [-0.05, 0) is 42.4 Å². The zero-order chi connectivity index (χ0) is 27.1. The molecule has 37 heavy (non-hydrogen) atoms. The number of nitrogen functional groups attached to an aromatic ring is 1. The molecule has 0 bridgehead atoms. The van der Waals surface area contributed by atoms with Crippen molar-refractivity contribution in [2.24, 2.45) is 0 Å². The summed E-state index contributed by atoms with van der Waals surface area (Å²) in [4.78, 5) is 24.4. The molecule has 2 N–H and O–H groups in total. The van der Waals surface area contributed by atoms with E-state index in [1.165, 1.54) is 12.3 Å². The zero-order valence-corrected chi connectivity index (χ0v) is 21.5. The molecule has 3 aromatic rings. The highest BCUT2D eigenvalue weighted by Crippen LogP contribution is 2.36. The number of benzene rings is 2. The Bertz CT molecular complexity index is 1340. The van der Waals surface area contributed by atoms with Gasteiger partial charge in [-0.1, -0.05) is 46.9 Å². The van der Waals surface area contributed by atoms with E-state index in [0.717, 1.165) is 17.7 Å². The van der Waals surface area contributed by atoms with Gasteiger partial charge in [-0.3, -0.25) is 9.69 Å². The standard InChI is InChI=1S/C24H20Cl3F4N5O/c1-35(9-12-2-4-15(19(28)6-12)24(29,30)31)20-11-36(22(37)21-18(27)8-33-23(32)34-21)10-14(20)13-3-5-16(25)17(26)7-13/h2-8,14,20H,9-11H2,1H3,(H2,32,33,34)/t14-,20-/m1/s1. The number of hydrogen-bond donors (Lipinski definition) is 1. The van der Waals surface area contributed by atoms with Gasteiger partial charge in [0, 0.05) is 31.6 Å². The normalized spacial score (nSPS) is 18.0. The van der Waals surface area contributed by atoms with Gasteiger partial charge in [-0.2, -0.15) is 13.2 Å². The number of anilines is 1. The van der Waals surface area contributed by atoms with Crippen LogP contribution in [-0.4, -0.2) is 51.9 Å². The van der Waals surface area contributed by atoms with E-state index in [2.05, 4.69) is 9.97 Å². The van der Waals surface area contributed by atoms with Gasteiger partial charge in [-0.25, -0.2) is 14.4 Å². The molecule has 4 rings (SSSR count). The molecular formula is C24H20Cl3F4N5O. The fraction of sp³-hybridized carbons (Fsp3) is 0.292. The molecule has 0 radical (unpaired) electrons. The Labute approximate surface area is 224 Å². The number of alkyl halides is 3. The monoisotopic (exact) mass is 575 g/mol. The van der Waals surface area contributed by atoms with Crippen LogP contribution < -0.4 is 5.73 Å². The molecule has 1 aliphatic rings. The maximum Gasteiger partial charge on any atom is 0.419 e. The van der Waals surface area contributed by atoms with Crippen LogP contribution in [0.2, 0.25) is 15.1 Å². The molecule has 1 amide bonds. The number of amides is 1. The fourth-order valence-corrected chi connectivity index (χ4v) is 4.92. The summed E-state index contributed by atoms with van der Waals surface area (Å²) in [5, 5.41) is 0.744. The molecule has 0 saturated carbocycles. The lowest BCUT2D eigenvalue weighted by Crippen LogP contribution is -2.38. The minimum atomic E-state index is -4.79. The van der Waals surface area contributed by atoms with Gasteiger partial charge in [0.05, 0.1) is 26.8 Å². The molecule has 1 fully saturated rings. The molecule has 196 valence electrons. The van der Waals surface area contributed by atoms with Crippen LogP contribution in [0.1, 0.15) is 33.1 Å². The van der Waals surface area contributed by atoms with E-state index in [1.807, 2.05) is 4.90 Å². The van der Waals surface area contributed by atoms with Crippen molar-refractivity contribution in [3.05, 3.63) is 85.9 Å². The van der Waals surface area contributed by atoms with Crippen LogP contribution in [0.4, 0.5) is 23.5 Å². The van der Waals surface area contributed by atoms with Gasteiger partial charge in [-0.15, -0.1) is 0 Å². The predicted molar refractivity (Wildman–Crippen MR) is 133 cm³/mol. The van der Waals surface area contributed by atoms with Crippen molar-refractivity contribution in [1.29, 1.82) is 0 Å². The second-order valence-corrected chi connectivity index (χ2v) is 9.93. The van der Waals surface area contributed by atoms with Crippen molar-refractivity contribution in [1.82, 2.24) is 19.8 Å². The maximum atomic E-state index is 14.2. The first-order valence-electron chi connectivity index (χ1n) is 10.9. The predicted octanol–water partition coefficient (Wildman–Crippen LogP) is 5.92. The largest absolute Gasteiger partial charge is 0.419 e. The van der Waals surface area contributed by atoms with Crippen LogP contribution in [0.15, 0.2) is 42.6 Å². The van der Waals surface area contributed by atoms with Gasteiger partial charge in [0.15, 0.2) is 5.69 Å². The molecule has 13 heteroatoms. The van der Waals surface area contributed by atoms with E-state index in [0.29, 0.717) is 15.6 Å². The number of hydrogen-bond acceptors (Lipinski definition) is 5. The van der Waals surface area contributed by atoms with Gasteiger partial charge >= 0.3 is 6.18 Å². The SMILES string of the molecule is CN(Cc1ccc(C(F)(F)F)c(F)c1)[C@@H]1CN(C(=O)c2nc(N)ncc2Cl)C[C@@H]1c1ccc(Cl)c(Cl)c1. The molecule has 1 saturated heterocycles. The molecule has 0 spiro atoms. The lowest BCUT2D eigenvalue weighted by Gasteiger charge is -2.29. The van der Waals surface area contributed by atoms with E-state index >= 15 is 0 Å². The Kier molecular flexibility index (Phi) is 7.85. The summed E-state index contributed by atoms with van der Waals surface area (Å²) in [6, 6.07) is 7.66. The highest BCUT2D eigenvalue weighted by molar-refractivity contribution is 6.42. The van der Waals surface area contributed by atoms with E-state index in [9.17, 15) is 22.4 Å². The smallest absolute Gasteiger partial charge is 0.368 e. The van der Waals surface area contributed by atoms with Crippen molar-refractivity contribution in [3.8, 4) is 0 Å². The Balaban J connectivity index is 1.63. The van der Waals surface area contributed by atoms with Crippen LogP contribution in [0, 0.1) is 5.82 Å². The highest BCUT2D eigenvalue weighted by Gasteiger charge is 2.40. The van der Waals surface area contributed by atoms with Crippen LogP contribution in [0.3, 0.4) is 0 Å². The minimum Gasteiger partial charge on any atom is -0.368 e. The van der Waals surface area contributed by atoms with Crippen molar-refractivity contribution >= 4 is 46.7 Å². The van der Waals surface area contributed by atoms with Gasteiger partial charge in [0.2, 0.25) is 5.95 Å². The number of nitrogens with two attached hydrogens (primary N) is 1. The van der Waals surface area contributed by atoms with Gasteiger partial charge < -0.3 is 10.6 Å². The van der Waals surface area contributed by atoms with Crippen LogP contribution >= 0.6 is 34.8 Å². The fourth-order valence-electron chi connectivity index (χ4n) is 4.44. The summed E-state index contributed by atoms with van der Waals surface area (Å²) in [6.45, 7) is 0.609. The topological polar surface area (TPSA) is 75.3 Å². The average Bonchev–Trinajstić information content (AvgIpc) is 3.27. The highest BCUT2D eigenvalue weighted by atomic mass is 35.5. The summed E-state index contributed by atoms with van der Waals surface area (Å²) in [6.07, 6.45) is -3.54. The lowest BCUT2D eigenvalue weighted by atomic mass is 9.93. The number of aromatic nitrogens is 2. The second kappa shape index (κ2) is 10.6. The first-order valence-corrected chi connectivity index (χ1v) is 12.1. The third kappa shape index (κ3) is 5.93. The second-order valence-electron chi connectivity index (χ2n) is 8.71. The van der Waals surface area contributed by atoms with Crippen molar-refractivity contribution < 1.29 is 22.4 Å². The number of halogens is 7. The molecule has 2 atom stereocenters. The summed E-state index contributed by atoms with van der Waals surface area (Å²) in [7, 11) is 1.74. The minimum absolute atomic E-state index is 0.0438. The number of likely N-dealkylation sites (tertiary alicyclic amines) is 1. The molecule has 1 aliphatic heterocycles. The third-order valence-electron chi connectivity index (χ3n) is 6.25. The Morgan fingerprint density at radius 3 is 2.49 bits per heavy atom. The average molecular weight is 577 g/mol. The van der Waals surface area contributed by atoms with Gasteiger partial charge in [0.25, 0.3) is 5.91 Å². The molecule has 2 aromatic carbocycles. The Morgan fingerprint density at radius 1 is 1.11 bits per heavy atom. The summed E-state index contributed by atoms with van der Waals surface area (Å²) in [5.41, 5.74) is 5.41. The van der Waals surface area contributed by atoms with E-state index < -0.39 is 23.5 Å². The zero-order valence-electron chi connectivity index (χ0n) is 19.2. The van der Waals surface area contributed by atoms with Crippen molar-refractivity contribution in [2.45, 2.75) is 24.7 Å².